The molecule has 0 N–H and O–H groups in total. The summed E-state index contributed by atoms with van der Waals surface area (Å²) in [7, 11) is -4.55. The van der Waals surface area contributed by atoms with Gasteiger partial charge in [-0.1, -0.05) is 72.8 Å². The summed E-state index contributed by atoms with van der Waals surface area (Å²) in [5.74, 6) is 0. The molecular weight excluding hydrogens is 357 g/mol. The SMILES string of the molecule is O=S(=O)([O-])c1ccccc1N(Cc1ccccc1)Cc1ccccc1.[Na+]. The number of anilines is 1. The second-order valence-corrected chi connectivity index (χ2v) is 7.10. The Morgan fingerprint density at radius 1 is 0.692 bits per heavy atom. The van der Waals surface area contributed by atoms with Crippen LogP contribution in [-0.2, 0) is 23.2 Å². The summed E-state index contributed by atoms with van der Waals surface area (Å²) in [5.41, 5.74) is 2.50. The van der Waals surface area contributed by atoms with E-state index in [-0.39, 0.29) is 34.5 Å². The molecule has 0 heterocycles. The van der Waals surface area contributed by atoms with Gasteiger partial charge in [0.25, 0.3) is 0 Å². The molecule has 4 nitrogen and oxygen atoms in total. The van der Waals surface area contributed by atoms with Gasteiger partial charge in [0.2, 0.25) is 0 Å². The van der Waals surface area contributed by atoms with Crippen LogP contribution in [0.4, 0.5) is 5.69 Å². The molecule has 3 aromatic carbocycles. The van der Waals surface area contributed by atoms with E-state index in [1.54, 1.807) is 18.2 Å². The Morgan fingerprint density at radius 2 is 1.12 bits per heavy atom. The number of hydrogen-bond acceptors (Lipinski definition) is 4. The predicted octanol–water partition coefficient (Wildman–Crippen LogP) is 0.802. The van der Waals surface area contributed by atoms with E-state index in [4.69, 9.17) is 0 Å². The molecule has 0 unspecified atom stereocenters. The van der Waals surface area contributed by atoms with E-state index in [1.807, 2.05) is 65.6 Å². The molecule has 0 saturated heterocycles. The van der Waals surface area contributed by atoms with Gasteiger partial charge in [-0.2, -0.15) is 0 Å². The third kappa shape index (κ3) is 5.43. The Labute approximate surface area is 176 Å². The molecule has 0 bridgehead atoms. The second kappa shape index (κ2) is 9.35. The average molecular weight is 375 g/mol. The molecule has 0 aliphatic heterocycles. The summed E-state index contributed by atoms with van der Waals surface area (Å²) < 4.78 is 35.0. The van der Waals surface area contributed by atoms with Crippen LogP contribution in [0.2, 0.25) is 0 Å². The minimum Gasteiger partial charge on any atom is -0.744 e. The summed E-state index contributed by atoms with van der Waals surface area (Å²) in [6, 6.07) is 25.9. The van der Waals surface area contributed by atoms with Gasteiger partial charge in [-0.3, -0.25) is 0 Å². The molecule has 0 spiro atoms. The van der Waals surface area contributed by atoms with Crippen molar-refractivity contribution in [1.29, 1.82) is 0 Å². The summed E-state index contributed by atoms with van der Waals surface area (Å²) in [6.07, 6.45) is 0. The van der Waals surface area contributed by atoms with Crippen molar-refractivity contribution in [1.82, 2.24) is 0 Å². The number of benzene rings is 3. The predicted molar refractivity (Wildman–Crippen MR) is 97.2 cm³/mol. The van der Waals surface area contributed by atoms with Crippen LogP contribution in [0.3, 0.4) is 0 Å². The van der Waals surface area contributed by atoms with E-state index in [2.05, 4.69) is 0 Å². The van der Waals surface area contributed by atoms with Crippen molar-refractivity contribution in [2.75, 3.05) is 4.90 Å². The van der Waals surface area contributed by atoms with Gasteiger partial charge < -0.3 is 9.45 Å². The molecule has 128 valence electrons. The molecule has 0 aromatic heterocycles. The van der Waals surface area contributed by atoms with Gasteiger partial charge in [0.05, 0.1) is 10.6 Å². The zero-order chi connectivity index (χ0) is 17.7. The van der Waals surface area contributed by atoms with Crippen molar-refractivity contribution in [2.24, 2.45) is 0 Å². The second-order valence-electron chi connectivity index (χ2n) is 5.75. The van der Waals surface area contributed by atoms with Crippen LogP contribution in [0.5, 0.6) is 0 Å². The maximum absolute atomic E-state index is 11.7. The van der Waals surface area contributed by atoms with E-state index in [1.165, 1.54) is 6.07 Å². The van der Waals surface area contributed by atoms with Crippen LogP contribution < -0.4 is 34.5 Å². The Hall–Kier alpha value is -1.63. The van der Waals surface area contributed by atoms with Gasteiger partial charge in [-0.05, 0) is 23.3 Å². The fourth-order valence-corrected chi connectivity index (χ4v) is 3.46. The number of nitrogens with zero attached hydrogens (tertiary/aromatic N) is 1. The van der Waals surface area contributed by atoms with Crippen LogP contribution in [0.15, 0.2) is 89.8 Å². The monoisotopic (exact) mass is 375 g/mol. The van der Waals surface area contributed by atoms with Gasteiger partial charge in [-0.25, -0.2) is 8.42 Å². The first-order valence-corrected chi connectivity index (χ1v) is 9.32. The topological polar surface area (TPSA) is 60.4 Å². The third-order valence-electron chi connectivity index (χ3n) is 3.91. The van der Waals surface area contributed by atoms with Gasteiger partial charge >= 0.3 is 29.6 Å². The van der Waals surface area contributed by atoms with Crippen molar-refractivity contribution < 1.29 is 42.5 Å². The molecule has 3 aromatic rings. The van der Waals surface area contributed by atoms with Gasteiger partial charge in [-0.15, -0.1) is 0 Å². The first kappa shape index (κ1) is 20.7. The van der Waals surface area contributed by atoms with Crippen molar-refractivity contribution >= 4 is 15.8 Å². The largest absolute Gasteiger partial charge is 1.00 e. The molecular formula is C20H18NNaO3S. The van der Waals surface area contributed by atoms with Crippen LogP contribution in [0, 0.1) is 0 Å². The Morgan fingerprint density at radius 3 is 1.58 bits per heavy atom. The van der Waals surface area contributed by atoms with E-state index in [0.717, 1.165) is 11.1 Å². The molecule has 0 amide bonds. The van der Waals surface area contributed by atoms with E-state index in [9.17, 15) is 13.0 Å². The van der Waals surface area contributed by atoms with Crippen LogP contribution in [-0.4, -0.2) is 13.0 Å². The summed E-state index contributed by atoms with van der Waals surface area (Å²) in [6.45, 7) is 1.00. The first-order valence-electron chi connectivity index (χ1n) is 7.92. The fourth-order valence-electron chi connectivity index (χ4n) is 2.76. The average Bonchev–Trinajstić information content (AvgIpc) is 2.62. The van der Waals surface area contributed by atoms with Crippen LogP contribution in [0.1, 0.15) is 11.1 Å². The Balaban J connectivity index is 0.00000243. The van der Waals surface area contributed by atoms with Crippen molar-refractivity contribution in [3.8, 4) is 0 Å². The van der Waals surface area contributed by atoms with Crippen LogP contribution in [0.25, 0.3) is 0 Å². The molecule has 0 atom stereocenters. The van der Waals surface area contributed by atoms with Gasteiger partial charge in [0.15, 0.2) is 0 Å². The molecule has 0 aliphatic rings. The molecule has 0 radical (unpaired) electrons. The first-order chi connectivity index (χ1) is 12.0. The van der Waals surface area contributed by atoms with E-state index >= 15 is 0 Å². The quantitative estimate of drug-likeness (QED) is 0.472. The zero-order valence-electron chi connectivity index (χ0n) is 14.6. The van der Waals surface area contributed by atoms with Crippen molar-refractivity contribution in [3.63, 3.8) is 0 Å². The van der Waals surface area contributed by atoms with E-state index < -0.39 is 10.1 Å². The van der Waals surface area contributed by atoms with Crippen molar-refractivity contribution in [3.05, 3.63) is 96.1 Å². The number of para-hydroxylation sites is 1. The normalized spacial score (nSPS) is 10.8. The fraction of sp³-hybridized carbons (Fsp3) is 0.100. The maximum atomic E-state index is 11.7. The minimum absolute atomic E-state index is 0. The zero-order valence-corrected chi connectivity index (χ0v) is 17.4. The van der Waals surface area contributed by atoms with Crippen molar-refractivity contribution in [2.45, 2.75) is 18.0 Å². The standard InChI is InChI=1S/C20H19NO3S.Na/c22-25(23,24)20-14-8-7-13-19(20)21(15-17-9-3-1-4-10-17)16-18-11-5-2-6-12-18;/h1-14H,15-16H2,(H,22,23,24);/q;+1/p-1. The third-order valence-corrected chi connectivity index (χ3v) is 4.79. The Bertz CT molecular complexity index is 890. The molecule has 3 rings (SSSR count). The smallest absolute Gasteiger partial charge is 0.744 e. The summed E-state index contributed by atoms with van der Waals surface area (Å²) in [4.78, 5) is 1.72. The molecule has 0 aliphatic carbocycles. The minimum atomic E-state index is -4.55. The number of rotatable bonds is 6. The summed E-state index contributed by atoms with van der Waals surface area (Å²) >= 11 is 0. The molecule has 26 heavy (non-hydrogen) atoms. The summed E-state index contributed by atoms with van der Waals surface area (Å²) in [5, 5.41) is 0. The van der Waals surface area contributed by atoms with Crippen LogP contribution >= 0.6 is 0 Å². The molecule has 0 saturated carbocycles. The Kier molecular flexibility index (Phi) is 7.43. The molecule has 0 fully saturated rings. The molecule has 6 heteroatoms. The maximum Gasteiger partial charge on any atom is 1.00 e. The number of hydrogen-bond donors (Lipinski definition) is 0. The van der Waals surface area contributed by atoms with E-state index in [0.29, 0.717) is 18.8 Å². The van der Waals surface area contributed by atoms with Gasteiger partial charge in [0, 0.05) is 13.1 Å². The van der Waals surface area contributed by atoms with Gasteiger partial charge in [0.1, 0.15) is 10.1 Å².